The molecule has 0 radical (unpaired) electrons. The van der Waals surface area contributed by atoms with Gasteiger partial charge in [-0.3, -0.25) is 0 Å². The molecule has 0 amide bonds. The lowest BCUT2D eigenvalue weighted by Crippen LogP contribution is -2.32. The minimum atomic E-state index is 0.838. The van der Waals surface area contributed by atoms with E-state index in [9.17, 15) is 0 Å². The van der Waals surface area contributed by atoms with Gasteiger partial charge in [0.15, 0.2) is 12.4 Å². The summed E-state index contributed by atoms with van der Waals surface area (Å²) in [6.45, 7) is 1.72. The van der Waals surface area contributed by atoms with E-state index in [2.05, 4.69) is 353 Å². The molecule has 10 heteroatoms. The van der Waals surface area contributed by atoms with Crippen LogP contribution in [-0.4, -0.2) is 53.5 Å². The molecule has 16 bridgehead atoms. The first-order valence-electron chi connectivity index (χ1n) is 34.1. The molecular weight excluding hydrogens is 1220 g/mol. The molecule has 6 aromatic carbocycles. The summed E-state index contributed by atoms with van der Waals surface area (Å²) in [5.41, 5.74) is 30.9. The quantitative estimate of drug-likeness (QED) is 0.0835. The van der Waals surface area contributed by atoms with Gasteiger partial charge >= 0.3 is 0 Å². The van der Waals surface area contributed by atoms with Gasteiger partial charge in [-0.25, -0.2) is 29.5 Å². The zero-order valence-electron chi connectivity index (χ0n) is 54.6. The van der Waals surface area contributed by atoms with Crippen LogP contribution in [0.4, 0.5) is 0 Å². The Morgan fingerprint density at radius 1 is 0.290 bits per heavy atom. The molecule has 3 N–H and O–H groups in total. The lowest BCUT2D eigenvalue weighted by molar-refractivity contribution is -0.697. The summed E-state index contributed by atoms with van der Waals surface area (Å²) in [4.78, 5) is 41.4. The zero-order valence-corrected chi connectivity index (χ0v) is 54.6. The van der Waals surface area contributed by atoms with Crippen molar-refractivity contribution >= 4 is 80.2 Å². The van der Waals surface area contributed by atoms with Crippen molar-refractivity contribution in [3.05, 3.63) is 383 Å². The standard InChI is InChI=1S/C90H64N10/c1-7-21-59(22-8-1)83-67-33-37-71(91-67)85(61-25-11-3-12-26-61)75-41-45-79(95-75)89(80-46-42-76(96-80)86(62-27-13-4-14-28-62)72-38-34-68(83)92-72)65-49-55-99(56-50-65)53-19-20-54-100-57-51-66(52-58-100)90-81-47-43-77(97-81)87(63-29-15-5-16-30-63)73-39-35-69(93-73)84(60-23-9-2-10-24-60)70-36-40-74(94-70)88(64-31-17-6-18-32-64)78-44-48-82(90)98-78/h1-18,21-52,55-58H,19-20,53-54H2,(H2,91,92,93,94,95,96,97,98)/p+1. The first-order chi connectivity index (χ1) is 49.5. The predicted octanol–water partition coefficient (Wildman–Crippen LogP) is 20.0. The fourth-order valence-corrected chi connectivity index (χ4v) is 14.5. The van der Waals surface area contributed by atoms with Crippen molar-refractivity contribution in [2.75, 3.05) is 6.54 Å². The number of aromatic amines is 3. The first kappa shape index (κ1) is 59.3. The number of H-pyrrole nitrogens is 3. The van der Waals surface area contributed by atoms with Gasteiger partial charge in [0.2, 0.25) is 0 Å². The van der Waals surface area contributed by atoms with E-state index in [1.807, 2.05) is 0 Å². The molecule has 7 aliphatic rings. The van der Waals surface area contributed by atoms with Crippen molar-refractivity contribution in [1.82, 2.24) is 29.8 Å². The molecule has 0 unspecified atom stereocenters. The SMILES string of the molecule is C1=CC2=C(c3ccccc3)C3=NC(=C(c4ccccc4)c4ccc([nH]4)C(c4ccccc4)=C4C=CC(=N4)C(=C4C=CN(CCCC[n+]5ccc(-c6c7ccc([nH]7)c(-c7ccccc7)c7nc(c(-c8ccccc8)c8nc(c(-c9ccccc9)c9ccc6[nH]9)C=C8)C=C7)cc5)C=C4)C1=N2)C=C3. The van der Waals surface area contributed by atoms with E-state index in [4.69, 9.17) is 24.9 Å². The molecule has 0 saturated carbocycles. The van der Waals surface area contributed by atoms with Crippen molar-refractivity contribution in [2.24, 2.45) is 15.0 Å². The van der Waals surface area contributed by atoms with Crippen LogP contribution in [0.3, 0.4) is 0 Å². The molecule has 0 spiro atoms. The molecule has 474 valence electrons. The van der Waals surface area contributed by atoms with Crippen molar-refractivity contribution in [3.63, 3.8) is 0 Å². The third-order valence-corrected chi connectivity index (χ3v) is 19.3. The van der Waals surface area contributed by atoms with Crippen LogP contribution in [0.15, 0.2) is 347 Å². The molecule has 18 rings (SSSR count). The van der Waals surface area contributed by atoms with E-state index in [-0.39, 0.29) is 0 Å². The lowest BCUT2D eigenvalue weighted by atomic mass is 9.97. The van der Waals surface area contributed by atoms with Crippen molar-refractivity contribution < 1.29 is 4.57 Å². The third kappa shape index (κ3) is 11.3. The molecule has 0 aliphatic carbocycles. The number of nitrogens with zero attached hydrogens (tertiary/aromatic N) is 7. The Morgan fingerprint density at radius 3 is 1.09 bits per heavy atom. The molecule has 0 fully saturated rings. The maximum absolute atomic E-state index is 5.53. The third-order valence-electron chi connectivity index (χ3n) is 19.3. The van der Waals surface area contributed by atoms with Gasteiger partial charge in [0.1, 0.15) is 6.54 Å². The fourth-order valence-electron chi connectivity index (χ4n) is 14.5. The zero-order chi connectivity index (χ0) is 66.3. The number of rotatable bonds is 12. The van der Waals surface area contributed by atoms with Crippen molar-refractivity contribution in [2.45, 2.75) is 19.4 Å². The second-order valence-electron chi connectivity index (χ2n) is 25.5. The Hall–Kier alpha value is -13.2. The van der Waals surface area contributed by atoms with Crippen LogP contribution in [0.2, 0.25) is 0 Å². The van der Waals surface area contributed by atoms with Crippen LogP contribution in [0.25, 0.3) is 108 Å². The van der Waals surface area contributed by atoms with E-state index in [1.54, 1.807) is 0 Å². The maximum atomic E-state index is 5.53. The lowest BCUT2D eigenvalue weighted by Gasteiger charge is -2.20. The van der Waals surface area contributed by atoms with Crippen molar-refractivity contribution in [3.8, 4) is 44.5 Å². The van der Waals surface area contributed by atoms with E-state index >= 15 is 0 Å². The average Bonchev–Trinajstić information content (AvgIpc) is 1.61. The molecule has 10 nitrogen and oxygen atoms in total. The van der Waals surface area contributed by atoms with E-state index in [0.29, 0.717) is 0 Å². The number of fused-ring (bicyclic) bond motifs is 13. The highest BCUT2D eigenvalue weighted by molar-refractivity contribution is 6.36. The molecule has 7 aliphatic heterocycles. The second kappa shape index (κ2) is 25.8. The first-order valence-corrected chi connectivity index (χ1v) is 34.1. The van der Waals surface area contributed by atoms with Crippen LogP contribution in [0.1, 0.15) is 63.7 Å². The van der Waals surface area contributed by atoms with Gasteiger partial charge in [-0.1, -0.05) is 182 Å². The number of pyridine rings is 1. The number of allylic oxidation sites excluding steroid dienone is 11. The highest BCUT2D eigenvalue weighted by Crippen LogP contribution is 2.42. The Kier molecular flexibility index (Phi) is 15.3. The molecule has 12 heterocycles. The smallest absolute Gasteiger partial charge is 0.169 e. The van der Waals surface area contributed by atoms with Gasteiger partial charge in [-0.05, 0) is 160 Å². The minimum Gasteiger partial charge on any atom is -0.354 e. The van der Waals surface area contributed by atoms with Gasteiger partial charge in [0.25, 0.3) is 0 Å². The molecular formula is C90H65N10+. The number of hydrogen-bond donors (Lipinski definition) is 3. The van der Waals surface area contributed by atoms with Gasteiger partial charge in [0, 0.05) is 115 Å². The maximum Gasteiger partial charge on any atom is 0.169 e. The van der Waals surface area contributed by atoms with E-state index in [1.165, 1.54) is 0 Å². The summed E-state index contributed by atoms with van der Waals surface area (Å²) < 4.78 is 2.30. The summed E-state index contributed by atoms with van der Waals surface area (Å²) in [5, 5.41) is 0. The van der Waals surface area contributed by atoms with Crippen LogP contribution < -0.4 is 4.57 Å². The van der Waals surface area contributed by atoms with Gasteiger partial charge in [-0.2, -0.15) is 0 Å². The van der Waals surface area contributed by atoms with Crippen LogP contribution >= 0.6 is 0 Å². The Morgan fingerprint density at radius 2 is 0.650 bits per heavy atom. The number of aryl methyl sites for hydroxylation is 1. The number of benzene rings is 6. The van der Waals surface area contributed by atoms with Gasteiger partial charge < -0.3 is 19.9 Å². The van der Waals surface area contributed by atoms with Crippen LogP contribution in [0.5, 0.6) is 0 Å². The van der Waals surface area contributed by atoms with Crippen LogP contribution in [-0.2, 0) is 6.54 Å². The fraction of sp³-hybridized carbons (Fsp3) is 0.0444. The average molecular weight is 1290 g/mol. The van der Waals surface area contributed by atoms with E-state index < -0.39 is 0 Å². The largest absolute Gasteiger partial charge is 0.354 e. The highest BCUT2D eigenvalue weighted by atomic mass is 15.1. The molecule has 0 atom stereocenters. The normalized spacial score (nSPS) is 15.1. The topological polar surface area (TPSA) is 117 Å². The monoisotopic (exact) mass is 1290 g/mol. The summed E-state index contributed by atoms with van der Waals surface area (Å²) >= 11 is 0. The molecule has 0 saturated heterocycles. The molecule has 5 aromatic heterocycles. The summed E-state index contributed by atoms with van der Waals surface area (Å²) in [6, 6.07) is 80.8. The highest BCUT2D eigenvalue weighted by Gasteiger charge is 2.28. The Bertz CT molecular complexity index is 5610. The number of aliphatic imine (C=N–C) groups is 3. The number of nitrogens with one attached hydrogen (secondary N) is 3. The summed E-state index contributed by atoms with van der Waals surface area (Å²) in [6.07, 6.45) is 36.6. The summed E-state index contributed by atoms with van der Waals surface area (Å²) in [5.74, 6) is 0. The summed E-state index contributed by atoms with van der Waals surface area (Å²) in [7, 11) is 0. The number of aromatic nitrogens is 6. The predicted molar refractivity (Wildman–Crippen MR) is 411 cm³/mol. The molecule has 100 heavy (non-hydrogen) atoms. The van der Waals surface area contributed by atoms with E-state index in [0.717, 1.165) is 205 Å². The number of unbranched alkanes of at least 4 members (excludes halogenated alkanes) is 1. The van der Waals surface area contributed by atoms with Crippen LogP contribution in [0, 0.1) is 0 Å². The Labute approximate surface area is 579 Å². The van der Waals surface area contributed by atoms with Gasteiger partial charge in [-0.15, -0.1) is 0 Å². The minimum absolute atomic E-state index is 0.838. The Balaban J connectivity index is 0.663. The second-order valence-corrected chi connectivity index (χ2v) is 25.5. The van der Waals surface area contributed by atoms with Gasteiger partial charge in [0.05, 0.1) is 57.0 Å². The number of hydrogen-bond acceptors (Lipinski definition) is 6. The molecule has 11 aromatic rings. The van der Waals surface area contributed by atoms with Crippen molar-refractivity contribution in [1.29, 1.82) is 0 Å².